The molecule has 12 nitrogen and oxygen atoms in total. The summed E-state index contributed by atoms with van der Waals surface area (Å²) in [5.74, 6) is 0. The van der Waals surface area contributed by atoms with Crippen LogP contribution in [0.4, 0.5) is 0 Å². The Bertz CT molecular complexity index is 4010. The van der Waals surface area contributed by atoms with Gasteiger partial charge in [-0.2, -0.15) is 0 Å². The molecular formula is C78H86N12. The topological polar surface area (TPSA) is 154 Å². The molecule has 12 heteroatoms. The predicted molar refractivity (Wildman–Crippen MR) is 378 cm³/mol. The van der Waals surface area contributed by atoms with Crippen LogP contribution in [-0.4, -0.2) is 98.5 Å². The van der Waals surface area contributed by atoms with E-state index in [1.807, 2.05) is 0 Å². The lowest BCUT2D eigenvalue weighted by Gasteiger charge is -2.16. The second kappa shape index (κ2) is 27.8. The summed E-state index contributed by atoms with van der Waals surface area (Å²) in [5.41, 5.74) is 33.5. The van der Waals surface area contributed by atoms with E-state index < -0.39 is 0 Å². The monoisotopic (exact) mass is 1190 g/mol. The molecule has 3 aromatic heterocycles. The van der Waals surface area contributed by atoms with E-state index in [9.17, 15) is 0 Å². The van der Waals surface area contributed by atoms with Crippen molar-refractivity contribution in [1.29, 1.82) is 0 Å². The summed E-state index contributed by atoms with van der Waals surface area (Å²) in [4.78, 5) is 19.6. The van der Waals surface area contributed by atoms with Crippen molar-refractivity contribution in [3.05, 3.63) is 212 Å². The second-order valence-electron chi connectivity index (χ2n) is 24.9. The van der Waals surface area contributed by atoms with Crippen molar-refractivity contribution in [1.82, 2.24) is 62.5 Å². The molecule has 8 bridgehead atoms. The van der Waals surface area contributed by atoms with E-state index in [4.69, 9.17) is 9.97 Å². The van der Waals surface area contributed by atoms with Gasteiger partial charge >= 0.3 is 0 Å². The van der Waals surface area contributed by atoms with Gasteiger partial charge in [0.15, 0.2) is 0 Å². The van der Waals surface area contributed by atoms with Crippen LogP contribution in [-0.2, 0) is 26.2 Å². The summed E-state index contributed by atoms with van der Waals surface area (Å²) in [5, 5.41) is 28.9. The van der Waals surface area contributed by atoms with Gasteiger partial charge in [0, 0.05) is 149 Å². The maximum Gasteiger partial charge on any atom is 0.0737 e. The Morgan fingerprint density at radius 2 is 0.511 bits per heavy atom. The molecule has 0 saturated carbocycles. The Morgan fingerprint density at radius 3 is 0.844 bits per heavy atom. The molecule has 0 fully saturated rings. The summed E-state index contributed by atoms with van der Waals surface area (Å²) in [6.07, 6.45) is 8.86. The van der Waals surface area contributed by atoms with Gasteiger partial charge in [0.1, 0.15) is 0 Å². The van der Waals surface area contributed by atoms with Crippen molar-refractivity contribution in [3.8, 4) is 66.8 Å². The third-order valence-corrected chi connectivity index (χ3v) is 18.2. The molecule has 0 unspecified atom stereocenters. The zero-order chi connectivity index (χ0) is 61.5. The first kappa shape index (κ1) is 60.5. The predicted octanol–water partition coefficient (Wildman–Crippen LogP) is 13.3. The molecule has 0 spiro atoms. The molecule has 10 N–H and O–H groups in total. The Morgan fingerprint density at radius 1 is 0.244 bits per heavy atom. The van der Waals surface area contributed by atoms with E-state index >= 15 is 0 Å². The van der Waals surface area contributed by atoms with Crippen molar-refractivity contribution in [2.45, 2.75) is 67.7 Å². The number of rotatable bonds is 6. The number of hydrogen-bond acceptors (Lipinski definition) is 10. The Labute approximate surface area is 531 Å². The van der Waals surface area contributed by atoms with Crippen LogP contribution in [0.1, 0.15) is 78.4 Å². The Hall–Kier alpha value is -8.40. The normalized spacial score (nSPS) is 15.6. The Kier molecular flexibility index (Phi) is 18.7. The first-order valence-electron chi connectivity index (χ1n) is 32.5. The van der Waals surface area contributed by atoms with E-state index in [-0.39, 0.29) is 0 Å². The summed E-state index contributed by atoms with van der Waals surface area (Å²) < 4.78 is 0. The molecule has 0 aliphatic carbocycles. The van der Waals surface area contributed by atoms with Crippen LogP contribution in [0.3, 0.4) is 0 Å². The summed E-state index contributed by atoms with van der Waals surface area (Å²) >= 11 is 0. The lowest BCUT2D eigenvalue weighted by molar-refractivity contribution is 0.557. The number of fused-ring (bicyclic) bond motifs is 10. The van der Waals surface area contributed by atoms with Crippen LogP contribution < -0.4 is 42.5 Å². The van der Waals surface area contributed by atoms with E-state index in [1.165, 1.54) is 89.0 Å². The zero-order valence-corrected chi connectivity index (χ0v) is 53.2. The third kappa shape index (κ3) is 13.4. The van der Waals surface area contributed by atoms with Crippen LogP contribution in [0.25, 0.3) is 113 Å². The highest BCUT2D eigenvalue weighted by atomic mass is 15.0. The van der Waals surface area contributed by atoms with Crippen LogP contribution in [0.15, 0.2) is 133 Å². The van der Waals surface area contributed by atoms with Gasteiger partial charge in [0.05, 0.1) is 22.8 Å². The smallest absolute Gasteiger partial charge is 0.0737 e. The molecule has 7 heterocycles. The van der Waals surface area contributed by atoms with Crippen molar-refractivity contribution < 1.29 is 0 Å². The number of nitrogens with zero attached hydrogens (tertiary/aromatic N) is 2. The molecular weight excluding hydrogens is 1100 g/mol. The number of hydrogen-bond donors (Lipinski definition) is 10. The second-order valence-corrected chi connectivity index (χ2v) is 24.9. The number of nitrogens with one attached hydrogen (secondary N) is 10. The molecule has 13 rings (SSSR count). The maximum atomic E-state index is 5.74. The zero-order valence-electron chi connectivity index (χ0n) is 53.2. The SMILES string of the molecule is Cc1cc(C)c(-c2c3nc(c(-c4ccc(-c5ccc6c(c5)CNCCNCCNCCNC6)cc4)c4ccc([nH]4)c(-c4c(C)cc(C)cc4C)c4nc(c(-c5ccc(-c6ccc7c(c6)CNCCNCCNCCNC7)cc5)c5ccc2[nH]5)C=C4)C=C3)c(C)c1. The van der Waals surface area contributed by atoms with Gasteiger partial charge in [-0.1, -0.05) is 108 Å². The number of benzene rings is 6. The van der Waals surface area contributed by atoms with Crippen LogP contribution >= 0.6 is 0 Å². The van der Waals surface area contributed by atoms with Crippen molar-refractivity contribution in [3.63, 3.8) is 0 Å². The molecule has 6 aromatic carbocycles. The number of aromatic amines is 2. The fraction of sp³-hybridized carbons (Fsp3) is 0.282. The number of aryl methyl sites for hydroxylation is 6. The van der Waals surface area contributed by atoms with Gasteiger partial charge in [0.25, 0.3) is 0 Å². The minimum Gasteiger partial charge on any atom is -0.354 e. The molecule has 0 saturated heterocycles. The van der Waals surface area contributed by atoms with Gasteiger partial charge in [0.2, 0.25) is 0 Å². The van der Waals surface area contributed by atoms with E-state index in [2.05, 4.69) is 252 Å². The van der Waals surface area contributed by atoms with E-state index in [0.717, 1.165) is 183 Å². The number of H-pyrrole nitrogens is 2. The first-order chi connectivity index (χ1) is 44.1. The lowest BCUT2D eigenvalue weighted by atomic mass is 9.92. The first-order valence-corrected chi connectivity index (χ1v) is 32.5. The van der Waals surface area contributed by atoms with Gasteiger partial charge in [-0.25, -0.2) is 9.97 Å². The largest absolute Gasteiger partial charge is 0.354 e. The van der Waals surface area contributed by atoms with Crippen molar-refractivity contribution in [2.75, 3.05) is 78.5 Å². The summed E-state index contributed by atoms with van der Waals surface area (Å²) in [6.45, 7) is 27.9. The van der Waals surface area contributed by atoms with Gasteiger partial charge in [-0.3, -0.25) is 0 Å². The molecule has 458 valence electrons. The highest BCUT2D eigenvalue weighted by Crippen LogP contribution is 2.42. The molecule has 0 atom stereocenters. The average molecular weight is 1190 g/mol. The molecule has 4 aliphatic rings. The summed E-state index contributed by atoms with van der Waals surface area (Å²) in [7, 11) is 0. The van der Waals surface area contributed by atoms with Crippen LogP contribution in [0, 0.1) is 41.5 Å². The third-order valence-electron chi connectivity index (χ3n) is 18.2. The molecule has 9 aromatic rings. The van der Waals surface area contributed by atoms with Crippen molar-refractivity contribution >= 4 is 46.4 Å². The maximum absolute atomic E-state index is 5.74. The van der Waals surface area contributed by atoms with Crippen LogP contribution in [0.5, 0.6) is 0 Å². The van der Waals surface area contributed by atoms with Gasteiger partial charge < -0.3 is 52.5 Å². The van der Waals surface area contributed by atoms with Gasteiger partial charge in [-0.15, -0.1) is 0 Å². The number of aromatic nitrogens is 4. The van der Waals surface area contributed by atoms with E-state index in [0.29, 0.717) is 0 Å². The summed E-state index contributed by atoms with van der Waals surface area (Å²) in [6, 6.07) is 50.3. The van der Waals surface area contributed by atoms with Crippen molar-refractivity contribution in [2.24, 2.45) is 0 Å². The standard InChI is InChI=1S/C78H86N12/c1-49-39-51(3)73(52(4)40-49)77-69-23-19-65(87-69)75(57-11-7-55(8-12-57)59-15-17-61-45-83-35-31-79-27-29-81-33-37-85-47-63(61)43-59)67-21-25-71(89-67)78(74-53(5)41-50(2)42-54(74)6)72-26-22-68(90-72)76(66-20-24-70(77)88-66)58-13-9-56(10-14-58)60-16-18-62-46-84-36-32-80-28-30-82-34-38-86-48-64(62)44-60/h7-26,39-44,79-87,90H,27-38,45-48H2,1-6H3. The molecule has 90 heavy (non-hydrogen) atoms. The van der Waals surface area contributed by atoms with Crippen LogP contribution in [0.2, 0.25) is 0 Å². The fourth-order valence-corrected chi connectivity index (χ4v) is 13.9. The molecule has 0 radical (unpaired) electrons. The average Bonchev–Trinajstić information content (AvgIpc) is 1.60. The molecule has 4 aliphatic heterocycles. The highest BCUT2D eigenvalue weighted by Gasteiger charge is 2.23. The molecule has 0 amide bonds. The fourth-order valence-electron chi connectivity index (χ4n) is 13.9. The Balaban J connectivity index is 0.981. The van der Waals surface area contributed by atoms with E-state index in [1.54, 1.807) is 0 Å². The highest BCUT2D eigenvalue weighted by molar-refractivity contribution is 6.01. The lowest BCUT2D eigenvalue weighted by Crippen LogP contribution is -2.35. The van der Waals surface area contributed by atoms with Gasteiger partial charge in [-0.05, 0) is 191 Å². The quantitative estimate of drug-likeness (QED) is 0.0779. The minimum absolute atomic E-state index is 0.811. The minimum atomic E-state index is 0.811.